The van der Waals surface area contributed by atoms with Crippen LogP contribution in [0.25, 0.3) is 0 Å². The number of carbonyl (C=O) groups excluding carboxylic acids is 1. The van der Waals surface area contributed by atoms with Gasteiger partial charge in [-0.25, -0.2) is 0 Å². The maximum Gasteiger partial charge on any atom is 0.261 e. The summed E-state index contributed by atoms with van der Waals surface area (Å²) in [7, 11) is 0. The van der Waals surface area contributed by atoms with Crippen molar-refractivity contribution in [2.24, 2.45) is 0 Å². The van der Waals surface area contributed by atoms with Crippen molar-refractivity contribution in [1.29, 1.82) is 0 Å². The van der Waals surface area contributed by atoms with E-state index in [1.165, 1.54) is 18.2 Å². The van der Waals surface area contributed by atoms with Crippen molar-refractivity contribution in [3.63, 3.8) is 0 Å². The number of amides is 1. The molecule has 1 aliphatic heterocycles. The third-order valence-electron chi connectivity index (χ3n) is 3.30. The number of aromatic hydroxyl groups is 2. The van der Waals surface area contributed by atoms with Crippen LogP contribution in [0.15, 0.2) is 18.2 Å². The minimum atomic E-state index is -0.347. The highest BCUT2D eigenvalue weighted by Gasteiger charge is 2.27. The number of ether oxygens (including phenoxy) is 1. The third-order valence-corrected chi connectivity index (χ3v) is 3.30. The van der Waals surface area contributed by atoms with E-state index < -0.39 is 0 Å². The fraction of sp³-hybridized carbons (Fsp3) is 0.500. The van der Waals surface area contributed by atoms with E-state index in [-0.39, 0.29) is 29.1 Å². The van der Waals surface area contributed by atoms with Crippen molar-refractivity contribution in [3.05, 3.63) is 23.8 Å². The summed E-state index contributed by atoms with van der Waals surface area (Å²) in [5.74, 6) is -0.730. The van der Waals surface area contributed by atoms with Gasteiger partial charge in [-0.3, -0.25) is 4.79 Å². The lowest BCUT2D eigenvalue weighted by Crippen LogP contribution is -2.43. The number of benzene rings is 1. The van der Waals surface area contributed by atoms with E-state index in [0.717, 1.165) is 12.8 Å². The molecular formula is C14H19NO4. The molecular weight excluding hydrogens is 246 g/mol. The van der Waals surface area contributed by atoms with Gasteiger partial charge in [-0.1, -0.05) is 6.07 Å². The van der Waals surface area contributed by atoms with Crippen LogP contribution in [-0.2, 0) is 4.74 Å². The van der Waals surface area contributed by atoms with Gasteiger partial charge in [0.25, 0.3) is 5.91 Å². The lowest BCUT2D eigenvalue weighted by Gasteiger charge is -2.32. The highest BCUT2D eigenvalue weighted by Crippen LogP contribution is 2.28. The van der Waals surface area contributed by atoms with E-state index in [1.807, 2.05) is 6.92 Å². The maximum atomic E-state index is 12.3. The van der Waals surface area contributed by atoms with Crippen molar-refractivity contribution in [2.45, 2.75) is 25.9 Å². The lowest BCUT2D eigenvalue weighted by atomic mass is 10.1. The number of rotatable bonds is 3. The van der Waals surface area contributed by atoms with Crippen LogP contribution in [0.5, 0.6) is 11.5 Å². The van der Waals surface area contributed by atoms with Crippen LogP contribution in [-0.4, -0.2) is 46.8 Å². The molecule has 0 aromatic heterocycles. The monoisotopic (exact) mass is 265 g/mol. The molecule has 1 aliphatic rings. The van der Waals surface area contributed by atoms with Crippen LogP contribution in [0.1, 0.15) is 30.1 Å². The van der Waals surface area contributed by atoms with Crippen molar-refractivity contribution in [3.8, 4) is 11.5 Å². The van der Waals surface area contributed by atoms with E-state index in [2.05, 4.69) is 0 Å². The molecule has 0 aliphatic carbocycles. The van der Waals surface area contributed by atoms with Gasteiger partial charge in [0.15, 0.2) is 0 Å². The molecule has 2 N–H and O–H groups in total. The normalized spacial score (nSPS) is 19.4. The molecule has 1 aromatic rings. The molecule has 0 saturated carbocycles. The molecule has 5 heteroatoms. The Balaban J connectivity index is 2.15. The Bertz CT molecular complexity index is 439. The van der Waals surface area contributed by atoms with Gasteiger partial charge in [-0.05, 0) is 31.9 Å². The zero-order valence-corrected chi connectivity index (χ0v) is 11.0. The molecule has 0 spiro atoms. The second-order valence-corrected chi connectivity index (χ2v) is 4.64. The van der Waals surface area contributed by atoms with Crippen molar-refractivity contribution >= 4 is 5.91 Å². The van der Waals surface area contributed by atoms with E-state index in [4.69, 9.17) is 4.74 Å². The molecule has 2 rings (SSSR count). The number of phenolic OH excluding ortho intramolecular Hbond substituents is 2. The third kappa shape index (κ3) is 2.98. The average Bonchev–Trinajstić information content (AvgIpc) is 2.39. The van der Waals surface area contributed by atoms with E-state index >= 15 is 0 Å². The summed E-state index contributed by atoms with van der Waals surface area (Å²) >= 11 is 0. The molecule has 1 heterocycles. The van der Waals surface area contributed by atoms with Crippen LogP contribution in [0.3, 0.4) is 0 Å². The van der Waals surface area contributed by atoms with Crippen LogP contribution < -0.4 is 0 Å². The molecule has 1 unspecified atom stereocenters. The van der Waals surface area contributed by atoms with Gasteiger partial charge in [0.1, 0.15) is 17.1 Å². The largest absolute Gasteiger partial charge is 0.507 e. The highest BCUT2D eigenvalue weighted by molar-refractivity contribution is 5.99. The summed E-state index contributed by atoms with van der Waals surface area (Å²) in [6.45, 7) is 3.67. The SMILES string of the molecule is CCOC1CCCN(C(=O)c2c(O)cccc2O)C1. The van der Waals surface area contributed by atoms with Crippen LogP contribution in [0, 0.1) is 0 Å². The van der Waals surface area contributed by atoms with Gasteiger partial charge in [-0.2, -0.15) is 0 Å². The van der Waals surface area contributed by atoms with E-state index in [0.29, 0.717) is 19.7 Å². The second-order valence-electron chi connectivity index (χ2n) is 4.64. The number of likely N-dealkylation sites (tertiary alicyclic amines) is 1. The fourth-order valence-electron chi connectivity index (χ4n) is 2.40. The predicted octanol–water partition coefficient (Wildman–Crippen LogP) is 1.74. The lowest BCUT2D eigenvalue weighted by molar-refractivity contribution is 0.00703. The fourth-order valence-corrected chi connectivity index (χ4v) is 2.40. The Kier molecular flexibility index (Phi) is 4.27. The number of nitrogens with zero attached hydrogens (tertiary/aromatic N) is 1. The summed E-state index contributed by atoms with van der Waals surface area (Å²) in [6, 6.07) is 4.30. The highest BCUT2D eigenvalue weighted by atomic mass is 16.5. The number of phenols is 2. The van der Waals surface area contributed by atoms with Gasteiger partial charge in [0.2, 0.25) is 0 Å². The van der Waals surface area contributed by atoms with Crippen LogP contribution in [0.4, 0.5) is 0 Å². The minimum absolute atomic E-state index is 0.0281. The first-order valence-corrected chi connectivity index (χ1v) is 6.55. The number of piperidine rings is 1. The predicted molar refractivity (Wildman–Crippen MR) is 70.3 cm³/mol. The molecule has 1 atom stereocenters. The van der Waals surface area contributed by atoms with Gasteiger partial charge in [0.05, 0.1) is 6.10 Å². The molecule has 104 valence electrons. The van der Waals surface area contributed by atoms with Gasteiger partial charge < -0.3 is 19.8 Å². The molecule has 5 nitrogen and oxygen atoms in total. The Morgan fingerprint density at radius 1 is 1.42 bits per heavy atom. The minimum Gasteiger partial charge on any atom is -0.507 e. The smallest absolute Gasteiger partial charge is 0.261 e. The first-order valence-electron chi connectivity index (χ1n) is 6.55. The van der Waals surface area contributed by atoms with E-state index in [9.17, 15) is 15.0 Å². The van der Waals surface area contributed by atoms with Crippen molar-refractivity contribution in [2.75, 3.05) is 19.7 Å². The molecule has 1 saturated heterocycles. The summed E-state index contributed by atoms with van der Waals surface area (Å²) < 4.78 is 5.54. The van der Waals surface area contributed by atoms with E-state index in [1.54, 1.807) is 4.90 Å². The molecule has 0 radical (unpaired) electrons. The van der Waals surface area contributed by atoms with Gasteiger partial charge in [-0.15, -0.1) is 0 Å². The first kappa shape index (κ1) is 13.7. The zero-order chi connectivity index (χ0) is 13.8. The average molecular weight is 265 g/mol. The Hall–Kier alpha value is -1.75. The summed E-state index contributed by atoms with van der Waals surface area (Å²) in [6.07, 6.45) is 1.84. The molecule has 1 aromatic carbocycles. The second kappa shape index (κ2) is 5.93. The summed E-state index contributed by atoms with van der Waals surface area (Å²) in [4.78, 5) is 14.0. The Labute approximate surface area is 112 Å². The van der Waals surface area contributed by atoms with Crippen molar-refractivity contribution in [1.82, 2.24) is 4.90 Å². The number of carbonyl (C=O) groups is 1. The summed E-state index contributed by atoms with van der Waals surface area (Å²) in [5, 5.41) is 19.4. The number of hydrogen-bond acceptors (Lipinski definition) is 4. The Morgan fingerprint density at radius 3 is 2.74 bits per heavy atom. The first-order chi connectivity index (χ1) is 9.13. The number of hydrogen-bond donors (Lipinski definition) is 2. The van der Waals surface area contributed by atoms with Crippen LogP contribution >= 0.6 is 0 Å². The van der Waals surface area contributed by atoms with Gasteiger partial charge >= 0.3 is 0 Å². The van der Waals surface area contributed by atoms with Crippen molar-refractivity contribution < 1.29 is 19.7 Å². The molecule has 1 fully saturated rings. The maximum absolute atomic E-state index is 12.3. The summed E-state index contributed by atoms with van der Waals surface area (Å²) in [5.41, 5.74) is -0.0281. The standard InChI is InChI=1S/C14H19NO4/c1-2-19-10-5-4-8-15(9-10)14(18)13-11(16)6-3-7-12(13)17/h3,6-7,10,16-17H,2,4-5,8-9H2,1H3. The quantitative estimate of drug-likeness (QED) is 0.873. The van der Waals surface area contributed by atoms with Gasteiger partial charge in [0, 0.05) is 19.7 Å². The topological polar surface area (TPSA) is 70.0 Å². The molecule has 19 heavy (non-hydrogen) atoms. The van der Waals surface area contributed by atoms with Crippen LogP contribution in [0.2, 0.25) is 0 Å². The zero-order valence-electron chi connectivity index (χ0n) is 11.0. The molecule has 0 bridgehead atoms. The molecule has 1 amide bonds. The Morgan fingerprint density at radius 2 is 2.11 bits per heavy atom.